The lowest BCUT2D eigenvalue weighted by atomic mass is 9.74. The van der Waals surface area contributed by atoms with Crippen LogP contribution in [-0.4, -0.2) is 32.2 Å². The Bertz CT molecular complexity index is 2220. The summed E-state index contributed by atoms with van der Waals surface area (Å²) in [6, 6.07) is 26.0. The van der Waals surface area contributed by atoms with Crippen molar-refractivity contribution >= 4 is 27.2 Å². The molecule has 0 bridgehead atoms. The maximum Gasteiger partial charge on any atom is 0.294 e. The van der Waals surface area contributed by atoms with Gasteiger partial charge in [0.2, 0.25) is 0 Å². The van der Waals surface area contributed by atoms with Crippen molar-refractivity contribution in [1.82, 2.24) is 0 Å². The third kappa shape index (κ3) is 8.28. The number of hydrogen-bond donors (Lipinski definition) is 1. The van der Waals surface area contributed by atoms with Crippen LogP contribution in [0.1, 0.15) is 79.8 Å². The van der Waals surface area contributed by atoms with Gasteiger partial charge in [-0.05, 0) is 120 Å². The van der Waals surface area contributed by atoms with E-state index in [2.05, 4.69) is 150 Å². The molecule has 1 aliphatic carbocycles. The van der Waals surface area contributed by atoms with E-state index in [1.165, 1.54) is 50.8 Å². The van der Waals surface area contributed by atoms with Gasteiger partial charge in [-0.15, -0.1) is 0 Å². The van der Waals surface area contributed by atoms with E-state index in [0.29, 0.717) is 11.3 Å². The number of hydrogen-bond acceptors (Lipinski definition) is 5. The van der Waals surface area contributed by atoms with Crippen LogP contribution in [-0.2, 0) is 10.1 Å². The molecule has 1 N–H and O–H groups in total. The van der Waals surface area contributed by atoms with E-state index in [0.717, 1.165) is 42.9 Å². The molecule has 3 unspecified atom stereocenters. The molecule has 0 aromatic heterocycles. The van der Waals surface area contributed by atoms with Gasteiger partial charge in [0.1, 0.15) is 11.9 Å². The molecular formula is C47H54N2O4S. The second-order valence-corrected chi connectivity index (χ2v) is 16.6. The van der Waals surface area contributed by atoms with Crippen molar-refractivity contribution in [2.24, 2.45) is 5.92 Å². The summed E-state index contributed by atoms with van der Waals surface area (Å²) in [5, 5.41) is 0. The van der Waals surface area contributed by atoms with Crippen molar-refractivity contribution in [1.29, 1.82) is 0 Å². The Labute approximate surface area is 322 Å². The average Bonchev–Trinajstić information content (AvgIpc) is 3.11. The van der Waals surface area contributed by atoms with Crippen molar-refractivity contribution in [3.8, 4) is 5.75 Å². The number of fused-ring (bicyclic) bond motifs is 2. The van der Waals surface area contributed by atoms with Gasteiger partial charge in [-0.2, -0.15) is 8.42 Å². The standard InChI is InChI=1S/C47H54N2O4S/c1-31(2)15-13-27-48(46-33(5)17-11-18-34(46)6)37-23-25-39-42(29-37)53-43-30-38(49(28-14-16-32(3)4)47-35(7)19-12-20-36(47)8)24-26-40(43)45(39)41-21-9-10-22-44(41)54(50,51)52/h9-12,15-26,29-30,39,42,45H,13-14,27-28H2,1-8H3,(H,50,51,52). The number of rotatable bonds is 12. The van der Waals surface area contributed by atoms with Crippen LogP contribution in [0.2, 0.25) is 0 Å². The predicted molar refractivity (Wildman–Crippen MR) is 224 cm³/mol. The van der Waals surface area contributed by atoms with E-state index in [9.17, 15) is 13.0 Å². The molecule has 0 radical (unpaired) electrons. The number of ether oxygens (including phenoxy) is 1. The van der Waals surface area contributed by atoms with E-state index in [1.54, 1.807) is 6.07 Å². The van der Waals surface area contributed by atoms with Crippen LogP contribution in [0, 0.1) is 33.6 Å². The number of aryl methyl sites for hydroxylation is 4. The van der Waals surface area contributed by atoms with E-state index in [-0.39, 0.29) is 10.8 Å². The van der Waals surface area contributed by atoms with Crippen molar-refractivity contribution in [2.45, 2.75) is 85.1 Å². The Hall–Kier alpha value is -4.85. The number of para-hydroxylation sites is 2. The largest absolute Gasteiger partial charge is 0.485 e. The van der Waals surface area contributed by atoms with Crippen LogP contribution >= 0.6 is 0 Å². The first-order valence-electron chi connectivity index (χ1n) is 19.0. The van der Waals surface area contributed by atoms with Gasteiger partial charge in [-0.3, -0.25) is 4.55 Å². The van der Waals surface area contributed by atoms with Gasteiger partial charge in [-0.25, -0.2) is 0 Å². The second kappa shape index (κ2) is 16.3. The molecule has 6 nitrogen and oxygen atoms in total. The lowest BCUT2D eigenvalue weighted by molar-refractivity contribution is 0.164. The first-order valence-corrected chi connectivity index (χ1v) is 20.4. The first kappa shape index (κ1) is 38.9. The summed E-state index contributed by atoms with van der Waals surface area (Å²) >= 11 is 0. The minimum absolute atomic E-state index is 0.0772. The Morgan fingerprint density at radius 1 is 0.722 bits per heavy atom. The molecule has 6 rings (SSSR count). The smallest absolute Gasteiger partial charge is 0.294 e. The molecule has 54 heavy (non-hydrogen) atoms. The summed E-state index contributed by atoms with van der Waals surface area (Å²) in [6.45, 7) is 18.7. The van der Waals surface area contributed by atoms with Crippen molar-refractivity contribution in [3.63, 3.8) is 0 Å². The summed E-state index contributed by atoms with van der Waals surface area (Å²) in [5.74, 6) is 0.0926. The molecule has 1 heterocycles. The zero-order valence-corrected chi connectivity index (χ0v) is 33.7. The molecule has 282 valence electrons. The van der Waals surface area contributed by atoms with Gasteiger partial charge < -0.3 is 14.5 Å². The fourth-order valence-corrected chi connectivity index (χ4v) is 8.91. The summed E-state index contributed by atoms with van der Waals surface area (Å²) < 4.78 is 43.2. The van der Waals surface area contributed by atoms with Gasteiger partial charge in [0, 0.05) is 59.3 Å². The molecule has 2 aliphatic rings. The molecule has 1 aliphatic heterocycles. The Balaban J connectivity index is 1.51. The van der Waals surface area contributed by atoms with E-state index in [4.69, 9.17) is 4.74 Å². The van der Waals surface area contributed by atoms with Crippen LogP contribution in [0.3, 0.4) is 0 Å². The number of nitrogens with zero attached hydrogens (tertiary/aromatic N) is 2. The number of benzene rings is 4. The van der Waals surface area contributed by atoms with Crippen LogP contribution in [0.15, 0.2) is 131 Å². The monoisotopic (exact) mass is 742 g/mol. The molecule has 4 aromatic carbocycles. The summed E-state index contributed by atoms with van der Waals surface area (Å²) in [7, 11) is -4.50. The summed E-state index contributed by atoms with van der Waals surface area (Å²) in [6.07, 6.45) is 12.4. The SMILES string of the molecule is CC(C)=CCCN(C1=CC2Oc3cc(N(CCC=C(C)C)c4c(C)cccc4C)ccc3C(c3ccccc3S(=O)(=O)O)C2C=C1)c1c(C)cccc1C. The molecule has 0 spiro atoms. The molecule has 3 atom stereocenters. The van der Waals surface area contributed by atoms with Crippen molar-refractivity contribution in [2.75, 3.05) is 22.9 Å². The molecule has 4 aromatic rings. The lowest BCUT2D eigenvalue weighted by Gasteiger charge is -2.41. The van der Waals surface area contributed by atoms with Crippen molar-refractivity contribution < 1.29 is 17.7 Å². The average molecular weight is 743 g/mol. The Kier molecular flexibility index (Phi) is 11.7. The minimum atomic E-state index is -4.50. The summed E-state index contributed by atoms with van der Waals surface area (Å²) in [4.78, 5) is 4.68. The quantitative estimate of drug-likeness (QED) is 0.115. The van der Waals surface area contributed by atoms with Crippen LogP contribution < -0.4 is 14.5 Å². The van der Waals surface area contributed by atoms with Crippen LogP contribution in [0.25, 0.3) is 0 Å². The second-order valence-electron chi connectivity index (χ2n) is 15.2. The maximum absolute atomic E-state index is 12.9. The van der Waals surface area contributed by atoms with Gasteiger partial charge in [0.05, 0.1) is 4.90 Å². The molecule has 7 heteroatoms. The predicted octanol–water partition coefficient (Wildman–Crippen LogP) is 11.5. The number of allylic oxidation sites excluding steroid dienone is 3. The van der Waals surface area contributed by atoms with Gasteiger partial charge >= 0.3 is 0 Å². The summed E-state index contributed by atoms with van der Waals surface area (Å²) in [5.41, 5.74) is 13.2. The minimum Gasteiger partial charge on any atom is -0.485 e. The van der Waals surface area contributed by atoms with Gasteiger partial charge in [0.15, 0.2) is 0 Å². The van der Waals surface area contributed by atoms with Crippen molar-refractivity contribution in [3.05, 3.63) is 159 Å². The topological polar surface area (TPSA) is 70.1 Å². The van der Waals surface area contributed by atoms with Crippen LogP contribution in [0.4, 0.5) is 17.1 Å². The highest BCUT2D eigenvalue weighted by atomic mass is 32.2. The van der Waals surface area contributed by atoms with E-state index < -0.39 is 22.1 Å². The molecule has 0 fully saturated rings. The van der Waals surface area contributed by atoms with E-state index in [1.807, 2.05) is 12.1 Å². The fraction of sp³-hybridized carbons (Fsp3) is 0.319. The zero-order chi connectivity index (χ0) is 38.7. The van der Waals surface area contributed by atoms with E-state index >= 15 is 0 Å². The highest BCUT2D eigenvalue weighted by Crippen LogP contribution is 2.50. The van der Waals surface area contributed by atoms with Gasteiger partial charge in [-0.1, -0.05) is 90.0 Å². The zero-order valence-electron chi connectivity index (χ0n) is 32.9. The Morgan fingerprint density at radius 2 is 1.28 bits per heavy atom. The molecule has 0 amide bonds. The molecule has 0 saturated carbocycles. The number of anilines is 3. The van der Waals surface area contributed by atoms with Gasteiger partial charge in [0.25, 0.3) is 10.1 Å². The third-order valence-electron chi connectivity index (χ3n) is 10.6. The molecular weight excluding hydrogens is 689 g/mol. The van der Waals surface area contributed by atoms with Crippen LogP contribution in [0.5, 0.6) is 5.75 Å². The normalized spacial score (nSPS) is 17.4. The maximum atomic E-state index is 12.9. The third-order valence-corrected chi connectivity index (χ3v) is 11.5. The fourth-order valence-electron chi connectivity index (χ4n) is 8.17. The molecule has 0 saturated heterocycles. The highest BCUT2D eigenvalue weighted by molar-refractivity contribution is 7.85. The highest BCUT2D eigenvalue weighted by Gasteiger charge is 2.41. The Morgan fingerprint density at radius 3 is 1.85 bits per heavy atom. The lowest BCUT2D eigenvalue weighted by Crippen LogP contribution is -2.38. The first-order chi connectivity index (χ1) is 25.7.